The van der Waals surface area contributed by atoms with Gasteiger partial charge in [-0.2, -0.15) is 0 Å². The highest BCUT2D eigenvalue weighted by atomic mass is 16.5. The number of ether oxygens (including phenoxy) is 1. The van der Waals surface area contributed by atoms with E-state index in [-0.39, 0.29) is 6.10 Å². The van der Waals surface area contributed by atoms with Crippen LogP contribution in [0.3, 0.4) is 0 Å². The fourth-order valence-electron chi connectivity index (χ4n) is 2.69. The number of nitrogens with one attached hydrogen (secondary N) is 1. The molecule has 0 aliphatic carbocycles. The van der Waals surface area contributed by atoms with Gasteiger partial charge in [-0.05, 0) is 36.3 Å². The minimum Gasteiger partial charge on any atom is -0.372 e. The van der Waals surface area contributed by atoms with Crippen LogP contribution in [0.5, 0.6) is 0 Å². The van der Waals surface area contributed by atoms with Gasteiger partial charge in [-0.3, -0.25) is 0 Å². The third-order valence-corrected chi connectivity index (χ3v) is 3.87. The first-order chi connectivity index (χ1) is 9.19. The monoisotopic (exact) mass is 261 g/mol. The van der Waals surface area contributed by atoms with Gasteiger partial charge in [0.15, 0.2) is 0 Å². The Kier molecular flexibility index (Phi) is 5.41. The van der Waals surface area contributed by atoms with Crippen molar-refractivity contribution >= 4 is 0 Å². The van der Waals surface area contributed by atoms with Crippen molar-refractivity contribution in [2.24, 2.45) is 5.92 Å². The van der Waals surface area contributed by atoms with E-state index in [1.165, 1.54) is 17.5 Å². The van der Waals surface area contributed by atoms with Crippen LogP contribution in [0.2, 0.25) is 0 Å². The zero-order valence-corrected chi connectivity index (χ0v) is 12.5. The van der Waals surface area contributed by atoms with Gasteiger partial charge in [0.2, 0.25) is 0 Å². The first-order valence-electron chi connectivity index (χ1n) is 7.63. The fraction of sp³-hybridized carbons (Fsp3) is 0.647. The van der Waals surface area contributed by atoms with Gasteiger partial charge in [-0.1, -0.05) is 45.0 Å². The van der Waals surface area contributed by atoms with Crippen molar-refractivity contribution in [3.05, 3.63) is 35.4 Å². The number of hydrogen-bond acceptors (Lipinski definition) is 2. The van der Waals surface area contributed by atoms with Crippen molar-refractivity contribution in [3.63, 3.8) is 0 Å². The molecule has 0 aromatic heterocycles. The highest BCUT2D eigenvalue weighted by Crippen LogP contribution is 2.21. The van der Waals surface area contributed by atoms with E-state index in [1.54, 1.807) is 0 Å². The Morgan fingerprint density at radius 1 is 1.26 bits per heavy atom. The Morgan fingerprint density at radius 3 is 2.63 bits per heavy atom. The molecule has 2 heteroatoms. The Hall–Kier alpha value is -0.860. The number of benzene rings is 1. The van der Waals surface area contributed by atoms with Crippen LogP contribution in [-0.2, 0) is 11.2 Å². The molecule has 2 nitrogen and oxygen atoms in total. The molecule has 1 heterocycles. The number of hydrogen-bond donors (Lipinski definition) is 1. The summed E-state index contributed by atoms with van der Waals surface area (Å²) in [6, 6.07) is 9.58. The van der Waals surface area contributed by atoms with Gasteiger partial charge in [-0.15, -0.1) is 0 Å². The van der Waals surface area contributed by atoms with Crippen LogP contribution >= 0.6 is 0 Å². The predicted molar refractivity (Wildman–Crippen MR) is 80.4 cm³/mol. The molecule has 1 aromatic rings. The summed E-state index contributed by atoms with van der Waals surface area (Å²) in [4.78, 5) is 0. The van der Waals surface area contributed by atoms with E-state index in [4.69, 9.17) is 4.74 Å². The molecule has 19 heavy (non-hydrogen) atoms. The topological polar surface area (TPSA) is 21.3 Å². The molecule has 1 aliphatic rings. The van der Waals surface area contributed by atoms with Crippen LogP contribution in [0.15, 0.2) is 24.3 Å². The summed E-state index contributed by atoms with van der Waals surface area (Å²) in [5.74, 6) is 0.715. The molecule has 1 aromatic carbocycles. The summed E-state index contributed by atoms with van der Waals surface area (Å²) in [5, 5.41) is 3.60. The lowest BCUT2D eigenvalue weighted by molar-refractivity contribution is 0.0663. The van der Waals surface area contributed by atoms with Crippen molar-refractivity contribution in [2.45, 2.75) is 52.2 Å². The summed E-state index contributed by atoms with van der Waals surface area (Å²) in [6.45, 7) is 8.55. The molecular formula is C17H27NO. The molecule has 2 rings (SSSR count). The minimum atomic E-state index is 0.213. The van der Waals surface area contributed by atoms with Gasteiger partial charge in [-0.25, -0.2) is 0 Å². The summed E-state index contributed by atoms with van der Waals surface area (Å²) in [7, 11) is 0. The van der Waals surface area contributed by atoms with E-state index in [9.17, 15) is 0 Å². The maximum atomic E-state index is 5.98. The Morgan fingerprint density at radius 2 is 2.00 bits per heavy atom. The second-order valence-electron chi connectivity index (χ2n) is 6.00. The standard InChI is InChI=1S/C17H27NO/c1-4-16-9-10-19-17(12-18-16)15-7-5-14(6-8-15)11-13(2)3/h5-8,13,16-18H,4,9-12H2,1-3H3. The molecule has 106 valence electrons. The Labute approximate surface area is 117 Å². The molecule has 1 aliphatic heterocycles. The van der Waals surface area contributed by atoms with E-state index in [0.717, 1.165) is 26.0 Å². The lowest BCUT2D eigenvalue weighted by Crippen LogP contribution is -2.29. The second-order valence-corrected chi connectivity index (χ2v) is 6.00. The average Bonchev–Trinajstić information content (AvgIpc) is 2.64. The van der Waals surface area contributed by atoms with E-state index in [1.807, 2.05) is 0 Å². The summed E-state index contributed by atoms with van der Waals surface area (Å²) in [6.07, 6.45) is 3.67. The largest absolute Gasteiger partial charge is 0.372 e. The third kappa shape index (κ3) is 4.32. The predicted octanol–water partition coefficient (Wildman–Crippen LogP) is 3.71. The molecule has 1 N–H and O–H groups in total. The quantitative estimate of drug-likeness (QED) is 0.892. The average molecular weight is 261 g/mol. The number of rotatable bonds is 4. The van der Waals surface area contributed by atoms with Crippen molar-refractivity contribution < 1.29 is 4.74 Å². The highest BCUT2D eigenvalue weighted by Gasteiger charge is 2.18. The Bertz CT molecular complexity index is 371. The van der Waals surface area contributed by atoms with Crippen molar-refractivity contribution in [1.29, 1.82) is 0 Å². The normalized spacial score (nSPS) is 24.4. The maximum absolute atomic E-state index is 5.98. The van der Waals surface area contributed by atoms with Crippen LogP contribution in [0.25, 0.3) is 0 Å². The SMILES string of the molecule is CCC1CCOC(c2ccc(CC(C)C)cc2)CN1. The van der Waals surface area contributed by atoms with Crippen LogP contribution in [-0.4, -0.2) is 19.2 Å². The van der Waals surface area contributed by atoms with Gasteiger partial charge in [0, 0.05) is 19.2 Å². The second kappa shape index (κ2) is 7.06. The van der Waals surface area contributed by atoms with E-state index < -0.39 is 0 Å². The molecule has 0 bridgehead atoms. The van der Waals surface area contributed by atoms with Crippen molar-refractivity contribution in [2.75, 3.05) is 13.2 Å². The van der Waals surface area contributed by atoms with Crippen molar-refractivity contribution in [1.82, 2.24) is 5.32 Å². The molecular weight excluding hydrogens is 234 g/mol. The van der Waals surface area contributed by atoms with Gasteiger partial charge in [0.25, 0.3) is 0 Å². The van der Waals surface area contributed by atoms with E-state index in [2.05, 4.69) is 50.4 Å². The maximum Gasteiger partial charge on any atom is 0.0949 e. The lowest BCUT2D eigenvalue weighted by Gasteiger charge is -2.17. The molecule has 2 unspecified atom stereocenters. The molecule has 2 atom stereocenters. The molecule has 1 fully saturated rings. The highest BCUT2D eigenvalue weighted by molar-refractivity contribution is 5.25. The molecule has 1 saturated heterocycles. The zero-order valence-electron chi connectivity index (χ0n) is 12.5. The summed E-state index contributed by atoms with van der Waals surface area (Å²) >= 11 is 0. The van der Waals surface area contributed by atoms with E-state index in [0.29, 0.717) is 12.0 Å². The third-order valence-electron chi connectivity index (χ3n) is 3.87. The zero-order chi connectivity index (χ0) is 13.7. The minimum absolute atomic E-state index is 0.213. The molecule has 0 radical (unpaired) electrons. The smallest absolute Gasteiger partial charge is 0.0949 e. The van der Waals surface area contributed by atoms with Crippen molar-refractivity contribution in [3.8, 4) is 0 Å². The van der Waals surface area contributed by atoms with E-state index >= 15 is 0 Å². The molecule has 0 amide bonds. The fourth-order valence-corrected chi connectivity index (χ4v) is 2.69. The van der Waals surface area contributed by atoms with Crippen LogP contribution < -0.4 is 5.32 Å². The first-order valence-corrected chi connectivity index (χ1v) is 7.63. The molecule has 0 spiro atoms. The van der Waals surface area contributed by atoms with Gasteiger partial charge < -0.3 is 10.1 Å². The first kappa shape index (κ1) is 14.5. The van der Waals surface area contributed by atoms with Gasteiger partial charge in [0.05, 0.1) is 6.10 Å². The lowest BCUT2D eigenvalue weighted by atomic mass is 10.00. The van der Waals surface area contributed by atoms with Crippen LogP contribution in [0, 0.1) is 5.92 Å². The van der Waals surface area contributed by atoms with Crippen LogP contribution in [0.4, 0.5) is 0 Å². The van der Waals surface area contributed by atoms with Gasteiger partial charge >= 0.3 is 0 Å². The Balaban J connectivity index is 1.97. The summed E-state index contributed by atoms with van der Waals surface area (Å²) in [5.41, 5.74) is 2.73. The summed E-state index contributed by atoms with van der Waals surface area (Å²) < 4.78 is 5.98. The van der Waals surface area contributed by atoms with Gasteiger partial charge in [0.1, 0.15) is 0 Å². The molecule has 0 saturated carbocycles. The van der Waals surface area contributed by atoms with Crippen LogP contribution in [0.1, 0.15) is 50.8 Å².